The minimum absolute atomic E-state index is 0.0854. The van der Waals surface area contributed by atoms with Gasteiger partial charge in [0.2, 0.25) is 11.8 Å². The van der Waals surface area contributed by atoms with E-state index in [9.17, 15) is 24.8 Å². The number of carbonyl (C=O) groups is 3. The van der Waals surface area contributed by atoms with E-state index in [1.165, 1.54) is 0 Å². The van der Waals surface area contributed by atoms with Crippen LogP contribution in [0.25, 0.3) is 0 Å². The molecular formula is C33H36N6O4. The van der Waals surface area contributed by atoms with E-state index in [-0.39, 0.29) is 62.1 Å². The van der Waals surface area contributed by atoms with Gasteiger partial charge in [0.15, 0.2) is 0 Å². The number of carbonyl (C=O) groups excluding carboxylic acids is 3. The minimum Gasteiger partial charge on any atom is -0.508 e. The lowest BCUT2D eigenvalue weighted by Crippen LogP contribution is -2.76. The van der Waals surface area contributed by atoms with Crippen molar-refractivity contribution < 1.29 is 19.5 Å². The molecule has 4 amide bonds. The van der Waals surface area contributed by atoms with Crippen molar-refractivity contribution in [3.63, 3.8) is 0 Å². The van der Waals surface area contributed by atoms with Crippen molar-refractivity contribution in [2.24, 2.45) is 5.92 Å². The largest absolute Gasteiger partial charge is 0.508 e. The Balaban J connectivity index is 1.49. The zero-order valence-electron chi connectivity index (χ0n) is 24.2. The summed E-state index contributed by atoms with van der Waals surface area (Å²) >= 11 is 0. The maximum atomic E-state index is 14.1. The van der Waals surface area contributed by atoms with E-state index in [0.29, 0.717) is 18.5 Å². The topological polar surface area (TPSA) is 120 Å². The van der Waals surface area contributed by atoms with Gasteiger partial charge in [0, 0.05) is 31.6 Å². The number of allylic oxidation sites excluding steroid dienone is 2. The van der Waals surface area contributed by atoms with E-state index in [1.807, 2.05) is 49.4 Å². The number of benzene rings is 2. The molecule has 2 saturated heterocycles. The first-order valence-electron chi connectivity index (χ1n) is 14.4. The van der Waals surface area contributed by atoms with Crippen molar-refractivity contribution in [1.29, 1.82) is 5.26 Å². The molecule has 222 valence electrons. The zero-order chi connectivity index (χ0) is 30.5. The van der Waals surface area contributed by atoms with Gasteiger partial charge < -0.3 is 20.2 Å². The molecule has 2 aromatic rings. The van der Waals surface area contributed by atoms with Crippen LogP contribution in [0.4, 0.5) is 4.79 Å². The first-order chi connectivity index (χ1) is 20.8. The Bertz CT molecular complexity index is 1480. The van der Waals surface area contributed by atoms with Crippen LogP contribution in [0.1, 0.15) is 24.5 Å². The summed E-state index contributed by atoms with van der Waals surface area (Å²) < 4.78 is 0. The number of amides is 4. The van der Waals surface area contributed by atoms with E-state index in [4.69, 9.17) is 0 Å². The molecule has 0 aromatic heterocycles. The quantitative estimate of drug-likeness (QED) is 0.462. The first-order valence-corrected chi connectivity index (χ1v) is 14.4. The molecule has 1 unspecified atom stereocenters. The van der Waals surface area contributed by atoms with E-state index in [0.717, 1.165) is 16.7 Å². The van der Waals surface area contributed by atoms with E-state index >= 15 is 0 Å². The average Bonchev–Trinajstić information content (AvgIpc) is 3.00. The Hall–Kier alpha value is -4.88. The van der Waals surface area contributed by atoms with Gasteiger partial charge in [-0.15, -0.1) is 6.58 Å². The fourth-order valence-electron chi connectivity index (χ4n) is 5.88. The van der Waals surface area contributed by atoms with Crippen molar-refractivity contribution in [3.05, 3.63) is 102 Å². The zero-order valence-corrected chi connectivity index (χ0v) is 24.2. The Morgan fingerprint density at radius 2 is 1.88 bits per heavy atom. The number of rotatable bonds is 8. The van der Waals surface area contributed by atoms with E-state index in [1.54, 1.807) is 50.2 Å². The number of hydrogen-bond donors (Lipinski definition) is 2. The first kappa shape index (κ1) is 29.6. The Morgan fingerprint density at radius 3 is 2.58 bits per heavy atom. The summed E-state index contributed by atoms with van der Waals surface area (Å²) in [6.07, 6.45) is 5.67. The standard InChI is InChI=1S/C33H36N6O4/c1-3-15-37-22-31(41)38-29(17-24-11-13-28(40)14-12-24)32(42)36(20-26-10-9-23(2)27(16-26)18-34)21-30(38)39(37)33(43)35-19-25-7-5-4-6-8-25/h3-8,10-14,16,23,29-30,40H,1,9,15,17,19-22H2,2H3,(H,35,43)/t23?,29-,30-/m0/s1. The lowest BCUT2D eigenvalue weighted by atomic mass is 9.90. The summed E-state index contributed by atoms with van der Waals surface area (Å²) in [7, 11) is 0. The van der Waals surface area contributed by atoms with Crippen molar-refractivity contribution in [2.45, 2.75) is 38.5 Å². The summed E-state index contributed by atoms with van der Waals surface area (Å²) in [5, 5.41) is 25.6. The number of nitriles is 1. The van der Waals surface area contributed by atoms with Crippen molar-refractivity contribution in [2.75, 3.05) is 26.2 Å². The second kappa shape index (κ2) is 13.0. The summed E-state index contributed by atoms with van der Waals surface area (Å²) in [5.74, 6) is -0.276. The highest BCUT2D eigenvalue weighted by atomic mass is 16.3. The molecule has 0 saturated carbocycles. The molecule has 2 heterocycles. The summed E-state index contributed by atoms with van der Waals surface area (Å²) in [6, 6.07) is 17.1. The molecule has 43 heavy (non-hydrogen) atoms. The van der Waals surface area contributed by atoms with Gasteiger partial charge in [0.1, 0.15) is 18.0 Å². The van der Waals surface area contributed by atoms with Crippen LogP contribution in [0.15, 0.2) is 90.6 Å². The number of phenolic OH excluding ortho intramolecular Hbond substituents is 1. The maximum Gasteiger partial charge on any atom is 0.334 e. The number of hydrogen-bond acceptors (Lipinski definition) is 6. The molecule has 5 rings (SSSR count). The third-order valence-corrected chi connectivity index (χ3v) is 8.14. The SMILES string of the molecule is C=CCN1CC(=O)N2[C@@H](Cc3ccc(O)cc3)C(=O)N(CC3=CCC(C)C(C#N)=C3)C[C@@H]2N1C(=O)NCc1ccccc1. The Morgan fingerprint density at radius 1 is 1.14 bits per heavy atom. The lowest BCUT2D eigenvalue weighted by Gasteiger charge is -2.55. The fraction of sp³-hybridized carbons (Fsp3) is 0.333. The average molecular weight is 581 g/mol. The van der Waals surface area contributed by atoms with Crippen molar-refractivity contribution in [3.8, 4) is 11.8 Å². The van der Waals surface area contributed by atoms with Crippen LogP contribution in [-0.2, 0) is 22.6 Å². The van der Waals surface area contributed by atoms with Crippen LogP contribution >= 0.6 is 0 Å². The molecule has 0 spiro atoms. The number of aromatic hydroxyl groups is 1. The molecule has 3 atom stereocenters. The minimum atomic E-state index is -0.867. The highest BCUT2D eigenvalue weighted by Crippen LogP contribution is 2.30. The maximum absolute atomic E-state index is 14.1. The Kier molecular flexibility index (Phi) is 8.93. The van der Waals surface area contributed by atoms with Gasteiger partial charge in [0.25, 0.3) is 0 Å². The van der Waals surface area contributed by atoms with E-state index < -0.39 is 12.2 Å². The highest BCUT2D eigenvalue weighted by molar-refractivity contribution is 5.92. The van der Waals surface area contributed by atoms with Crippen LogP contribution in [0, 0.1) is 17.2 Å². The van der Waals surface area contributed by atoms with Crippen LogP contribution in [0.3, 0.4) is 0 Å². The van der Waals surface area contributed by atoms with Gasteiger partial charge in [-0.2, -0.15) is 5.26 Å². The number of nitrogens with zero attached hydrogens (tertiary/aromatic N) is 5. The molecule has 0 bridgehead atoms. The molecule has 10 nitrogen and oxygen atoms in total. The summed E-state index contributed by atoms with van der Waals surface area (Å²) in [5.41, 5.74) is 3.22. The normalized spacial score (nSPS) is 22.3. The Labute approximate surface area is 251 Å². The molecular weight excluding hydrogens is 544 g/mol. The summed E-state index contributed by atoms with van der Waals surface area (Å²) in [4.78, 5) is 44.9. The van der Waals surface area contributed by atoms with Gasteiger partial charge in [-0.3, -0.25) is 9.59 Å². The number of nitrogens with one attached hydrogen (secondary N) is 1. The van der Waals surface area contributed by atoms with E-state index in [2.05, 4.69) is 18.0 Å². The van der Waals surface area contributed by atoms with Gasteiger partial charge in [0.05, 0.1) is 19.2 Å². The predicted molar refractivity (Wildman–Crippen MR) is 161 cm³/mol. The lowest BCUT2D eigenvalue weighted by molar-refractivity contribution is -0.188. The number of hydrazine groups is 1. The molecule has 2 N–H and O–H groups in total. The fourth-order valence-corrected chi connectivity index (χ4v) is 5.88. The molecule has 2 fully saturated rings. The number of fused-ring (bicyclic) bond motifs is 1. The number of urea groups is 1. The highest BCUT2D eigenvalue weighted by Gasteiger charge is 2.51. The van der Waals surface area contributed by atoms with Crippen LogP contribution < -0.4 is 5.32 Å². The monoisotopic (exact) mass is 580 g/mol. The van der Waals surface area contributed by atoms with Gasteiger partial charge in [-0.25, -0.2) is 14.8 Å². The molecule has 1 aliphatic carbocycles. The van der Waals surface area contributed by atoms with Crippen LogP contribution in [-0.4, -0.2) is 81.2 Å². The van der Waals surface area contributed by atoms with Crippen molar-refractivity contribution in [1.82, 2.24) is 25.1 Å². The molecule has 2 aliphatic heterocycles. The van der Waals surface area contributed by atoms with Crippen LogP contribution in [0.2, 0.25) is 0 Å². The van der Waals surface area contributed by atoms with Gasteiger partial charge in [-0.1, -0.05) is 61.5 Å². The second-order valence-corrected chi connectivity index (χ2v) is 11.1. The van der Waals surface area contributed by atoms with Gasteiger partial charge >= 0.3 is 6.03 Å². The summed E-state index contributed by atoms with van der Waals surface area (Å²) in [6.45, 7) is 6.65. The van der Waals surface area contributed by atoms with Crippen molar-refractivity contribution >= 4 is 17.8 Å². The van der Waals surface area contributed by atoms with Gasteiger partial charge in [-0.05, 0) is 47.2 Å². The third-order valence-electron chi connectivity index (χ3n) is 8.14. The predicted octanol–water partition coefficient (Wildman–Crippen LogP) is 3.34. The molecule has 10 heteroatoms. The second-order valence-electron chi connectivity index (χ2n) is 11.1. The molecule has 2 aromatic carbocycles. The third kappa shape index (κ3) is 6.47. The van der Waals surface area contributed by atoms with Crippen LogP contribution in [0.5, 0.6) is 5.75 Å². The molecule has 0 radical (unpaired) electrons. The smallest absolute Gasteiger partial charge is 0.334 e. The molecule has 3 aliphatic rings. The number of piperazine rings is 1. The number of phenols is 1.